The van der Waals surface area contributed by atoms with E-state index >= 15 is 0 Å². The van der Waals surface area contributed by atoms with Crippen LogP contribution in [0.25, 0.3) is 22.5 Å². The van der Waals surface area contributed by atoms with Crippen LogP contribution in [0.15, 0.2) is 66.7 Å². The number of carbonyl (C=O) groups is 2. The predicted molar refractivity (Wildman–Crippen MR) is 112 cm³/mol. The first-order valence-electron chi connectivity index (χ1n) is 9.17. The second kappa shape index (κ2) is 9.50. The number of benzene rings is 2. The monoisotopic (exact) mass is 390 g/mol. The van der Waals surface area contributed by atoms with Crippen molar-refractivity contribution in [2.75, 3.05) is 19.5 Å². The molecular formula is C23H22N2O4. The molecule has 0 aliphatic heterocycles. The highest BCUT2D eigenvalue weighted by molar-refractivity contribution is 5.93. The lowest BCUT2D eigenvalue weighted by Crippen LogP contribution is -2.13. The van der Waals surface area contributed by atoms with Crippen LogP contribution in [0.2, 0.25) is 0 Å². The van der Waals surface area contributed by atoms with Crippen LogP contribution >= 0.6 is 0 Å². The van der Waals surface area contributed by atoms with E-state index in [1.165, 1.54) is 7.11 Å². The number of anilines is 1. The molecule has 0 saturated heterocycles. The number of nitrogens with one attached hydrogen (secondary N) is 1. The molecular weight excluding hydrogens is 368 g/mol. The normalized spacial score (nSPS) is 10.3. The lowest BCUT2D eigenvalue weighted by Gasteiger charge is -2.09. The molecule has 148 valence electrons. The number of nitrogens with zero attached hydrogens (tertiary/aromatic N) is 1. The largest absolute Gasteiger partial charge is 0.497 e. The highest BCUT2D eigenvalue weighted by Gasteiger charge is 2.09. The van der Waals surface area contributed by atoms with Crippen LogP contribution in [0.5, 0.6) is 5.75 Å². The molecule has 1 amide bonds. The van der Waals surface area contributed by atoms with Crippen molar-refractivity contribution in [3.8, 4) is 28.3 Å². The third-order valence-corrected chi connectivity index (χ3v) is 4.36. The minimum atomic E-state index is -0.409. The van der Waals surface area contributed by atoms with Gasteiger partial charge in [-0.25, -0.2) is 4.98 Å². The number of hydrogen-bond acceptors (Lipinski definition) is 5. The van der Waals surface area contributed by atoms with Gasteiger partial charge in [0.1, 0.15) is 5.75 Å². The molecule has 0 atom stereocenters. The smallest absolute Gasteiger partial charge is 0.306 e. The quantitative estimate of drug-likeness (QED) is 0.608. The molecule has 0 fully saturated rings. The Morgan fingerprint density at radius 3 is 2.24 bits per heavy atom. The molecule has 1 aromatic heterocycles. The van der Waals surface area contributed by atoms with E-state index in [0.29, 0.717) is 5.69 Å². The summed E-state index contributed by atoms with van der Waals surface area (Å²) in [6.45, 7) is 0. The van der Waals surface area contributed by atoms with E-state index in [1.54, 1.807) is 13.2 Å². The number of amides is 1. The van der Waals surface area contributed by atoms with Crippen LogP contribution in [-0.2, 0) is 14.3 Å². The maximum absolute atomic E-state index is 12.0. The standard InChI is InChI=1S/C23H22N2O4/c1-28-19-11-9-16(10-12-19)20-7-4-8-21(25-20)17-5-3-6-18(15-17)24-22(26)13-14-23(27)29-2/h3-12,15H,13-14H2,1-2H3,(H,24,26). The van der Waals surface area contributed by atoms with Crippen molar-refractivity contribution in [2.24, 2.45) is 0 Å². The van der Waals surface area contributed by atoms with Crippen LogP contribution in [0, 0.1) is 0 Å². The van der Waals surface area contributed by atoms with E-state index in [1.807, 2.05) is 60.7 Å². The maximum atomic E-state index is 12.0. The van der Waals surface area contributed by atoms with Gasteiger partial charge >= 0.3 is 5.97 Å². The molecule has 0 radical (unpaired) electrons. The summed E-state index contributed by atoms with van der Waals surface area (Å²) in [6.07, 6.45) is 0.121. The van der Waals surface area contributed by atoms with Crippen molar-refractivity contribution in [1.82, 2.24) is 4.98 Å². The third kappa shape index (κ3) is 5.42. The molecule has 3 aromatic rings. The first-order chi connectivity index (χ1) is 14.1. The van der Waals surface area contributed by atoms with Crippen molar-refractivity contribution >= 4 is 17.6 Å². The number of ether oxygens (including phenoxy) is 2. The molecule has 0 bridgehead atoms. The number of aromatic nitrogens is 1. The van der Waals surface area contributed by atoms with Crippen molar-refractivity contribution in [1.29, 1.82) is 0 Å². The zero-order valence-corrected chi connectivity index (χ0v) is 16.3. The Hall–Kier alpha value is -3.67. The number of esters is 1. The summed E-state index contributed by atoms with van der Waals surface area (Å²) in [6, 6.07) is 21.0. The first kappa shape index (κ1) is 20.1. The van der Waals surface area contributed by atoms with Gasteiger partial charge < -0.3 is 14.8 Å². The summed E-state index contributed by atoms with van der Waals surface area (Å²) in [5, 5.41) is 2.80. The molecule has 6 heteroatoms. The molecule has 2 aromatic carbocycles. The molecule has 0 spiro atoms. The van der Waals surface area contributed by atoms with Gasteiger partial charge in [-0.3, -0.25) is 9.59 Å². The Bertz CT molecular complexity index is 1000. The minimum absolute atomic E-state index is 0.0491. The SMILES string of the molecule is COC(=O)CCC(=O)Nc1cccc(-c2cccc(-c3ccc(OC)cc3)n2)c1. The fourth-order valence-corrected chi connectivity index (χ4v) is 2.82. The fraction of sp³-hybridized carbons (Fsp3) is 0.174. The van der Waals surface area contributed by atoms with Crippen molar-refractivity contribution in [2.45, 2.75) is 12.8 Å². The van der Waals surface area contributed by atoms with Crippen LogP contribution in [0.1, 0.15) is 12.8 Å². The minimum Gasteiger partial charge on any atom is -0.497 e. The number of carbonyl (C=O) groups excluding carboxylic acids is 2. The van der Waals surface area contributed by atoms with E-state index in [-0.39, 0.29) is 18.7 Å². The van der Waals surface area contributed by atoms with E-state index in [4.69, 9.17) is 9.72 Å². The van der Waals surface area contributed by atoms with E-state index in [9.17, 15) is 9.59 Å². The average molecular weight is 390 g/mol. The fourth-order valence-electron chi connectivity index (χ4n) is 2.82. The van der Waals surface area contributed by atoms with Crippen LogP contribution < -0.4 is 10.1 Å². The van der Waals surface area contributed by atoms with Crippen LogP contribution in [-0.4, -0.2) is 31.1 Å². The highest BCUT2D eigenvalue weighted by Crippen LogP contribution is 2.26. The summed E-state index contributed by atoms with van der Waals surface area (Å²) >= 11 is 0. The Kier molecular flexibility index (Phi) is 6.58. The van der Waals surface area contributed by atoms with Crippen molar-refractivity contribution < 1.29 is 19.1 Å². The number of hydrogen-bond donors (Lipinski definition) is 1. The Morgan fingerprint density at radius 2 is 1.55 bits per heavy atom. The molecule has 0 aliphatic rings. The maximum Gasteiger partial charge on any atom is 0.306 e. The molecule has 0 saturated carbocycles. The van der Waals surface area contributed by atoms with Crippen molar-refractivity contribution in [3.05, 3.63) is 66.7 Å². The zero-order valence-electron chi connectivity index (χ0n) is 16.3. The molecule has 0 aliphatic carbocycles. The summed E-state index contributed by atoms with van der Waals surface area (Å²) in [7, 11) is 2.94. The predicted octanol–water partition coefficient (Wildman–Crippen LogP) is 4.32. The third-order valence-electron chi connectivity index (χ3n) is 4.36. The summed E-state index contributed by atoms with van der Waals surface area (Å²) in [5.74, 6) is 0.140. The van der Waals surface area contributed by atoms with Gasteiger partial charge in [0.25, 0.3) is 0 Å². The summed E-state index contributed by atoms with van der Waals surface area (Å²) in [5.41, 5.74) is 4.15. The first-order valence-corrected chi connectivity index (χ1v) is 9.17. The Balaban J connectivity index is 1.76. The summed E-state index contributed by atoms with van der Waals surface area (Å²) in [4.78, 5) is 27.9. The lowest BCUT2D eigenvalue weighted by atomic mass is 10.1. The van der Waals surface area contributed by atoms with E-state index in [0.717, 1.165) is 28.3 Å². The molecule has 6 nitrogen and oxygen atoms in total. The second-order valence-corrected chi connectivity index (χ2v) is 6.34. The lowest BCUT2D eigenvalue weighted by molar-refractivity contribution is -0.141. The van der Waals surface area contributed by atoms with Gasteiger partial charge in [0.2, 0.25) is 5.91 Å². The number of rotatable bonds is 7. The van der Waals surface area contributed by atoms with Gasteiger partial charge in [0, 0.05) is 23.2 Å². The van der Waals surface area contributed by atoms with Crippen molar-refractivity contribution in [3.63, 3.8) is 0 Å². The zero-order chi connectivity index (χ0) is 20.6. The van der Waals surface area contributed by atoms with Gasteiger partial charge in [-0.05, 0) is 48.5 Å². The summed E-state index contributed by atoms with van der Waals surface area (Å²) < 4.78 is 9.75. The molecule has 1 heterocycles. The van der Waals surface area contributed by atoms with Gasteiger partial charge in [0.15, 0.2) is 0 Å². The van der Waals surface area contributed by atoms with Gasteiger partial charge in [0.05, 0.1) is 32.0 Å². The van der Waals surface area contributed by atoms with E-state index in [2.05, 4.69) is 10.1 Å². The molecule has 3 rings (SSSR count). The molecule has 1 N–H and O–H groups in total. The van der Waals surface area contributed by atoms with Gasteiger partial charge in [-0.15, -0.1) is 0 Å². The van der Waals surface area contributed by atoms with Crippen LogP contribution in [0.4, 0.5) is 5.69 Å². The topological polar surface area (TPSA) is 77.5 Å². The van der Waals surface area contributed by atoms with Gasteiger partial charge in [-0.2, -0.15) is 0 Å². The second-order valence-electron chi connectivity index (χ2n) is 6.34. The Morgan fingerprint density at radius 1 is 0.862 bits per heavy atom. The average Bonchev–Trinajstić information content (AvgIpc) is 2.77. The number of methoxy groups -OCH3 is 2. The highest BCUT2D eigenvalue weighted by atomic mass is 16.5. The molecule has 0 unspecified atom stereocenters. The van der Waals surface area contributed by atoms with E-state index < -0.39 is 5.97 Å². The number of pyridine rings is 1. The molecule has 29 heavy (non-hydrogen) atoms. The van der Waals surface area contributed by atoms with Crippen LogP contribution in [0.3, 0.4) is 0 Å². The Labute approximate surface area is 169 Å². The van der Waals surface area contributed by atoms with Gasteiger partial charge in [-0.1, -0.05) is 18.2 Å².